The summed E-state index contributed by atoms with van der Waals surface area (Å²) in [6.45, 7) is 3.02. The van der Waals surface area contributed by atoms with Crippen molar-refractivity contribution in [2.45, 2.75) is 12.8 Å². The minimum atomic E-state index is -0.103. The van der Waals surface area contributed by atoms with Crippen molar-refractivity contribution in [2.75, 3.05) is 19.8 Å². The lowest BCUT2D eigenvalue weighted by atomic mass is 9.99. The first-order valence-corrected chi connectivity index (χ1v) is 7.15. The van der Waals surface area contributed by atoms with Crippen molar-refractivity contribution in [1.82, 2.24) is 5.32 Å². The van der Waals surface area contributed by atoms with Crippen molar-refractivity contribution >= 4 is 17.2 Å². The average molecular weight is 279 g/mol. The van der Waals surface area contributed by atoms with E-state index in [1.807, 2.05) is 30.5 Å². The van der Waals surface area contributed by atoms with Gasteiger partial charge in [-0.3, -0.25) is 4.79 Å². The Morgan fingerprint density at radius 1 is 1.53 bits per heavy atom. The molecule has 0 fully saturated rings. The van der Waals surface area contributed by atoms with Gasteiger partial charge in [-0.25, -0.2) is 0 Å². The molecule has 102 valence electrons. The Labute approximate surface area is 116 Å². The molecule has 1 unspecified atom stereocenters. The second-order valence-electron chi connectivity index (χ2n) is 4.07. The molecule has 0 aliphatic carbocycles. The SMILES string of the molecule is CCOCC(=O)NCC(c1ccsc1)c1ccco1. The number of carbonyl (C=O) groups is 1. The van der Waals surface area contributed by atoms with Gasteiger partial charge in [-0.05, 0) is 41.4 Å². The van der Waals surface area contributed by atoms with Crippen LogP contribution in [0.3, 0.4) is 0 Å². The zero-order valence-electron chi connectivity index (χ0n) is 10.8. The number of hydrogen-bond donors (Lipinski definition) is 1. The molecule has 1 atom stereocenters. The standard InChI is InChI=1S/C14H17NO3S/c1-2-17-9-14(16)15-8-12(11-5-7-19-10-11)13-4-3-6-18-13/h3-7,10,12H,2,8-9H2,1H3,(H,15,16). The third-order valence-corrected chi connectivity index (χ3v) is 3.47. The van der Waals surface area contributed by atoms with Crippen LogP contribution in [-0.2, 0) is 9.53 Å². The third kappa shape index (κ3) is 3.94. The predicted molar refractivity (Wildman–Crippen MR) is 74.4 cm³/mol. The molecule has 0 aliphatic rings. The van der Waals surface area contributed by atoms with Gasteiger partial charge >= 0.3 is 0 Å². The molecule has 0 spiro atoms. The Balaban J connectivity index is 1.98. The van der Waals surface area contributed by atoms with E-state index in [4.69, 9.17) is 9.15 Å². The fourth-order valence-electron chi connectivity index (χ4n) is 1.81. The van der Waals surface area contributed by atoms with Crippen molar-refractivity contribution in [1.29, 1.82) is 0 Å². The molecule has 2 heterocycles. The molecule has 0 aromatic carbocycles. The van der Waals surface area contributed by atoms with Gasteiger partial charge in [0.05, 0.1) is 12.2 Å². The van der Waals surface area contributed by atoms with E-state index in [-0.39, 0.29) is 18.4 Å². The first-order valence-electron chi connectivity index (χ1n) is 6.21. The number of ether oxygens (including phenoxy) is 1. The first-order chi connectivity index (χ1) is 9.31. The molecule has 0 radical (unpaired) electrons. The highest BCUT2D eigenvalue weighted by Crippen LogP contribution is 2.26. The zero-order valence-corrected chi connectivity index (χ0v) is 11.6. The Kier molecular flexibility index (Phi) is 5.18. The van der Waals surface area contributed by atoms with E-state index in [9.17, 15) is 4.79 Å². The summed E-state index contributed by atoms with van der Waals surface area (Å²) in [5.74, 6) is 0.801. The van der Waals surface area contributed by atoms with Crippen molar-refractivity contribution < 1.29 is 13.9 Å². The molecule has 2 rings (SSSR count). The van der Waals surface area contributed by atoms with Gasteiger partial charge in [-0.1, -0.05) is 0 Å². The molecule has 2 aromatic heterocycles. The van der Waals surface area contributed by atoms with Crippen LogP contribution in [0.15, 0.2) is 39.6 Å². The molecule has 0 saturated carbocycles. The predicted octanol–water partition coefficient (Wildman–Crippen LogP) is 2.63. The van der Waals surface area contributed by atoms with Gasteiger partial charge < -0.3 is 14.5 Å². The molecular formula is C14H17NO3S. The lowest BCUT2D eigenvalue weighted by molar-refractivity contribution is -0.125. The van der Waals surface area contributed by atoms with Crippen LogP contribution in [0.2, 0.25) is 0 Å². The molecule has 4 nitrogen and oxygen atoms in total. The highest BCUT2D eigenvalue weighted by atomic mass is 32.1. The van der Waals surface area contributed by atoms with Crippen molar-refractivity contribution in [3.8, 4) is 0 Å². The summed E-state index contributed by atoms with van der Waals surface area (Å²) in [6.07, 6.45) is 1.65. The molecule has 5 heteroatoms. The third-order valence-electron chi connectivity index (χ3n) is 2.77. The normalized spacial score (nSPS) is 12.3. The number of furan rings is 1. The van der Waals surface area contributed by atoms with E-state index >= 15 is 0 Å². The van der Waals surface area contributed by atoms with E-state index < -0.39 is 0 Å². The number of rotatable bonds is 7. The Morgan fingerprint density at radius 3 is 3.05 bits per heavy atom. The summed E-state index contributed by atoms with van der Waals surface area (Å²) >= 11 is 1.63. The van der Waals surface area contributed by atoms with Gasteiger partial charge in [0.15, 0.2) is 0 Å². The summed E-state index contributed by atoms with van der Waals surface area (Å²) in [4.78, 5) is 11.6. The van der Waals surface area contributed by atoms with Crippen LogP contribution < -0.4 is 5.32 Å². The van der Waals surface area contributed by atoms with Crippen LogP contribution in [0.1, 0.15) is 24.2 Å². The highest BCUT2D eigenvalue weighted by molar-refractivity contribution is 7.08. The van der Waals surface area contributed by atoms with Gasteiger partial charge in [-0.15, -0.1) is 0 Å². The van der Waals surface area contributed by atoms with E-state index in [2.05, 4.69) is 10.7 Å². The average Bonchev–Trinajstić information content (AvgIpc) is 3.09. The fourth-order valence-corrected chi connectivity index (χ4v) is 2.52. The summed E-state index contributed by atoms with van der Waals surface area (Å²) in [5, 5.41) is 6.97. The summed E-state index contributed by atoms with van der Waals surface area (Å²) in [6, 6.07) is 5.83. The van der Waals surface area contributed by atoms with Crippen LogP contribution in [-0.4, -0.2) is 25.7 Å². The second-order valence-corrected chi connectivity index (χ2v) is 4.85. The largest absolute Gasteiger partial charge is 0.469 e. The van der Waals surface area contributed by atoms with Gasteiger partial charge in [0.1, 0.15) is 12.4 Å². The van der Waals surface area contributed by atoms with Crippen LogP contribution in [0.25, 0.3) is 0 Å². The quantitative estimate of drug-likeness (QED) is 0.847. The minimum absolute atomic E-state index is 0.0480. The van der Waals surface area contributed by atoms with E-state index in [0.717, 1.165) is 11.3 Å². The van der Waals surface area contributed by atoms with Gasteiger partial charge in [0.2, 0.25) is 5.91 Å². The number of amides is 1. The Morgan fingerprint density at radius 2 is 2.42 bits per heavy atom. The topological polar surface area (TPSA) is 51.5 Å². The van der Waals surface area contributed by atoms with Crippen LogP contribution in [0.4, 0.5) is 0 Å². The molecule has 0 bridgehead atoms. The maximum atomic E-state index is 11.6. The maximum absolute atomic E-state index is 11.6. The fraction of sp³-hybridized carbons (Fsp3) is 0.357. The zero-order chi connectivity index (χ0) is 13.5. The summed E-state index contributed by atoms with van der Waals surface area (Å²) in [7, 11) is 0. The Bertz CT molecular complexity index is 445. The van der Waals surface area contributed by atoms with Crippen molar-refractivity contribution in [3.05, 3.63) is 46.5 Å². The molecule has 0 saturated heterocycles. The number of nitrogens with one attached hydrogen (secondary N) is 1. The highest BCUT2D eigenvalue weighted by Gasteiger charge is 2.18. The molecular weight excluding hydrogens is 262 g/mol. The van der Waals surface area contributed by atoms with Crippen LogP contribution in [0, 0.1) is 0 Å². The van der Waals surface area contributed by atoms with Gasteiger partial charge in [0, 0.05) is 13.2 Å². The number of carbonyl (C=O) groups excluding carboxylic acids is 1. The Hall–Kier alpha value is -1.59. The molecule has 1 N–H and O–H groups in total. The summed E-state index contributed by atoms with van der Waals surface area (Å²) in [5.41, 5.74) is 1.15. The monoisotopic (exact) mass is 279 g/mol. The van der Waals surface area contributed by atoms with Gasteiger partial charge in [-0.2, -0.15) is 11.3 Å². The smallest absolute Gasteiger partial charge is 0.246 e. The van der Waals surface area contributed by atoms with E-state index in [1.165, 1.54) is 0 Å². The molecule has 1 amide bonds. The lowest BCUT2D eigenvalue weighted by Crippen LogP contribution is -2.31. The maximum Gasteiger partial charge on any atom is 0.246 e. The number of thiophene rings is 1. The number of hydrogen-bond acceptors (Lipinski definition) is 4. The van der Waals surface area contributed by atoms with Crippen LogP contribution in [0.5, 0.6) is 0 Å². The lowest BCUT2D eigenvalue weighted by Gasteiger charge is -2.14. The van der Waals surface area contributed by atoms with E-state index in [0.29, 0.717) is 13.2 Å². The second kappa shape index (κ2) is 7.11. The van der Waals surface area contributed by atoms with Gasteiger partial charge in [0.25, 0.3) is 0 Å². The van der Waals surface area contributed by atoms with Crippen molar-refractivity contribution in [3.63, 3.8) is 0 Å². The van der Waals surface area contributed by atoms with E-state index in [1.54, 1.807) is 17.6 Å². The molecule has 2 aromatic rings. The summed E-state index contributed by atoms with van der Waals surface area (Å²) < 4.78 is 10.5. The minimum Gasteiger partial charge on any atom is -0.469 e. The molecule has 19 heavy (non-hydrogen) atoms. The molecule has 0 aliphatic heterocycles. The first kappa shape index (κ1) is 13.8. The van der Waals surface area contributed by atoms with Crippen molar-refractivity contribution in [2.24, 2.45) is 0 Å². The van der Waals surface area contributed by atoms with Crippen LogP contribution >= 0.6 is 11.3 Å².